The van der Waals surface area contributed by atoms with Gasteiger partial charge in [-0.2, -0.15) is 0 Å². The minimum Gasteiger partial charge on any atom is -0.493 e. The van der Waals surface area contributed by atoms with Crippen molar-refractivity contribution in [3.8, 4) is 11.5 Å². The predicted octanol–water partition coefficient (Wildman–Crippen LogP) is 1.75. The molecular formula is C20H31N3O4. The highest BCUT2D eigenvalue weighted by Crippen LogP contribution is 2.32. The maximum atomic E-state index is 13.0. The van der Waals surface area contributed by atoms with Crippen molar-refractivity contribution in [1.29, 1.82) is 0 Å². The van der Waals surface area contributed by atoms with Crippen LogP contribution >= 0.6 is 0 Å². The Bertz CT molecular complexity index is 657. The van der Waals surface area contributed by atoms with E-state index in [2.05, 4.69) is 0 Å². The van der Waals surface area contributed by atoms with Gasteiger partial charge in [0.2, 0.25) is 5.91 Å². The van der Waals surface area contributed by atoms with Crippen molar-refractivity contribution in [2.45, 2.75) is 26.7 Å². The summed E-state index contributed by atoms with van der Waals surface area (Å²) in [5.41, 5.74) is 5.88. The van der Waals surface area contributed by atoms with Crippen molar-refractivity contribution < 1.29 is 19.1 Å². The highest BCUT2D eigenvalue weighted by atomic mass is 16.5. The number of carbonyl (C=O) groups is 2. The molecular weight excluding hydrogens is 346 g/mol. The lowest BCUT2D eigenvalue weighted by Crippen LogP contribution is -2.55. The van der Waals surface area contributed by atoms with Crippen LogP contribution in [0.5, 0.6) is 11.5 Å². The normalized spacial score (nSPS) is 14.9. The molecule has 1 saturated heterocycles. The van der Waals surface area contributed by atoms with Gasteiger partial charge in [0.1, 0.15) is 0 Å². The summed E-state index contributed by atoms with van der Waals surface area (Å²) in [6, 6.07) is 5.26. The van der Waals surface area contributed by atoms with E-state index < -0.39 is 5.41 Å². The molecule has 27 heavy (non-hydrogen) atoms. The van der Waals surface area contributed by atoms with Crippen LogP contribution in [-0.4, -0.2) is 68.6 Å². The second-order valence-corrected chi connectivity index (χ2v) is 6.82. The van der Waals surface area contributed by atoms with Gasteiger partial charge in [0.05, 0.1) is 25.2 Å². The molecule has 7 nitrogen and oxygen atoms in total. The Morgan fingerprint density at radius 2 is 1.63 bits per heavy atom. The van der Waals surface area contributed by atoms with Gasteiger partial charge in [-0.25, -0.2) is 0 Å². The fourth-order valence-electron chi connectivity index (χ4n) is 3.60. The Labute approximate surface area is 161 Å². The molecule has 1 aliphatic rings. The minimum atomic E-state index is -0.498. The Morgan fingerprint density at radius 1 is 1.04 bits per heavy atom. The number of rotatable bonds is 7. The average molecular weight is 377 g/mol. The van der Waals surface area contributed by atoms with E-state index in [4.69, 9.17) is 15.2 Å². The van der Waals surface area contributed by atoms with E-state index in [1.54, 1.807) is 30.2 Å². The third-order valence-corrected chi connectivity index (χ3v) is 5.69. The Kier molecular flexibility index (Phi) is 7.07. The maximum Gasteiger partial charge on any atom is 0.257 e. The summed E-state index contributed by atoms with van der Waals surface area (Å²) in [6.07, 6.45) is 1.44. The van der Waals surface area contributed by atoms with Crippen LogP contribution in [0, 0.1) is 5.41 Å². The number of para-hydroxylation sites is 1. The van der Waals surface area contributed by atoms with Gasteiger partial charge in [0.15, 0.2) is 11.5 Å². The standard InChI is InChI=1S/C20H31N3O4/c1-5-20(6-2,14-21)19(25)23-12-10-22(11-13-23)18(24)15-8-7-9-16(26-3)17(15)27-4/h7-9H,5-6,10-14,21H2,1-4H3. The molecule has 7 heteroatoms. The minimum absolute atomic E-state index is 0.0982. The summed E-state index contributed by atoms with van der Waals surface area (Å²) >= 11 is 0. The van der Waals surface area contributed by atoms with Crippen molar-refractivity contribution in [3.63, 3.8) is 0 Å². The number of piperazine rings is 1. The van der Waals surface area contributed by atoms with Crippen LogP contribution in [0.1, 0.15) is 37.0 Å². The first kappa shape index (κ1) is 21.0. The molecule has 0 spiro atoms. The van der Waals surface area contributed by atoms with Crippen LogP contribution in [0.4, 0.5) is 0 Å². The summed E-state index contributed by atoms with van der Waals surface area (Å²) in [6.45, 7) is 6.35. The Balaban J connectivity index is 2.10. The van der Waals surface area contributed by atoms with Crippen LogP contribution in [0.25, 0.3) is 0 Å². The van der Waals surface area contributed by atoms with Crippen LogP contribution in [-0.2, 0) is 4.79 Å². The van der Waals surface area contributed by atoms with Gasteiger partial charge in [-0.15, -0.1) is 0 Å². The van der Waals surface area contributed by atoms with E-state index in [1.165, 1.54) is 7.11 Å². The molecule has 0 unspecified atom stereocenters. The van der Waals surface area contributed by atoms with Gasteiger partial charge in [0.25, 0.3) is 5.91 Å². The summed E-state index contributed by atoms with van der Waals surface area (Å²) in [5, 5.41) is 0. The summed E-state index contributed by atoms with van der Waals surface area (Å²) < 4.78 is 10.7. The van der Waals surface area contributed by atoms with E-state index in [-0.39, 0.29) is 11.8 Å². The fraction of sp³-hybridized carbons (Fsp3) is 0.600. The number of benzene rings is 1. The van der Waals surface area contributed by atoms with Crippen LogP contribution in [0.3, 0.4) is 0 Å². The lowest BCUT2D eigenvalue weighted by atomic mass is 9.81. The molecule has 0 radical (unpaired) electrons. The number of nitrogens with two attached hydrogens (primary N) is 1. The van der Waals surface area contributed by atoms with E-state index in [0.29, 0.717) is 49.8 Å². The SMILES string of the molecule is CCC(CC)(CN)C(=O)N1CCN(C(=O)c2cccc(OC)c2OC)CC1. The molecule has 0 bridgehead atoms. The molecule has 2 amide bonds. The van der Waals surface area contributed by atoms with Gasteiger partial charge >= 0.3 is 0 Å². The molecule has 2 rings (SSSR count). The van der Waals surface area contributed by atoms with Crippen molar-refractivity contribution in [1.82, 2.24) is 9.80 Å². The lowest BCUT2D eigenvalue weighted by molar-refractivity contribution is -0.143. The number of ether oxygens (including phenoxy) is 2. The number of carbonyl (C=O) groups excluding carboxylic acids is 2. The molecule has 0 aliphatic carbocycles. The Morgan fingerprint density at radius 3 is 2.11 bits per heavy atom. The second-order valence-electron chi connectivity index (χ2n) is 6.82. The molecule has 1 aromatic carbocycles. The van der Waals surface area contributed by atoms with E-state index in [9.17, 15) is 9.59 Å². The number of hydrogen-bond donors (Lipinski definition) is 1. The summed E-state index contributed by atoms with van der Waals surface area (Å²) in [4.78, 5) is 29.5. The van der Waals surface area contributed by atoms with Crippen molar-refractivity contribution in [3.05, 3.63) is 23.8 Å². The molecule has 1 fully saturated rings. The lowest BCUT2D eigenvalue weighted by Gasteiger charge is -2.40. The third-order valence-electron chi connectivity index (χ3n) is 5.69. The van der Waals surface area contributed by atoms with Crippen molar-refractivity contribution in [2.24, 2.45) is 11.1 Å². The van der Waals surface area contributed by atoms with Gasteiger partial charge in [-0.3, -0.25) is 9.59 Å². The third kappa shape index (κ3) is 4.03. The topological polar surface area (TPSA) is 85.1 Å². The predicted molar refractivity (Wildman–Crippen MR) is 104 cm³/mol. The smallest absolute Gasteiger partial charge is 0.257 e. The van der Waals surface area contributed by atoms with Crippen molar-refractivity contribution >= 4 is 11.8 Å². The van der Waals surface area contributed by atoms with Crippen LogP contribution in [0.15, 0.2) is 18.2 Å². The first-order chi connectivity index (χ1) is 13.0. The highest BCUT2D eigenvalue weighted by Gasteiger charge is 2.38. The molecule has 0 aromatic heterocycles. The zero-order chi connectivity index (χ0) is 20.0. The molecule has 150 valence electrons. The molecule has 2 N–H and O–H groups in total. The van der Waals surface area contributed by atoms with Gasteiger partial charge in [-0.05, 0) is 25.0 Å². The largest absolute Gasteiger partial charge is 0.493 e. The zero-order valence-corrected chi connectivity index (χ0v) is 16.8. The van der Waals surface area contributed by atoms with E-state index in [1.807, 2.05) is 18.7 Å². The molecule has 1 aromatic rings. The second kappa shape index (κ2) is 9.08. The summed E-state index contributed by atoms with van der Waals surface area (Å²) in [5.74, 6) is 0.938. The number of nitrogens with zero attached hydrogens (tertiary/aromatic N) is 2. The first-order valence-electron chi connectivity index (χ1n) is 9.47. The van der Waals surface area contributed by atoms with Crippen molar-refractivity contribution in [2.75, 3.05) is 46.9 Å². The van der Waals surface area contributed by atoms with Crippen LogP contribution < -0.4 is 15.2 Å². The first-order valence-corrected chi connectivity index (χ1v) is 9.47. The number of methoxy groups -OCH3 is 2. The quantitative estimate of drug-likeness (QED) is 0.783. The highest BCUT2D eigenvalue weighted by molar-refractivity contribution is 5.98. The van der Waals surface area contributed by atoms with Crippen LogP contribution in [0.2, 0.25) is 0 Å². The monoisotopic (exact) mass is 377 g/mol. The molecule has 1 heterocycles. The van der Waals surface area contributed by atoms with E-state index >= 15 is 0 Å². The molecule has 0 atom stereocenters. The maximum absolute atomic E-state index is 13.0. The Hall–Kier alpha value is -2.28. The van der Waals surface area contributed by atoms with Gasteiger partial charge in [0, 0.05) is 32.7 Å². The number of hydrogen-bond acceptors (Lipinski definition) is 5. The molecule has 0 saturated carbocycles. The van der Waals surface area contributed by atoms with Gasteiger partial charge < -0.3 is 25.0 Å². The zero-order valence-electron chi connectivity index (χ0n) is 16.8. The van der Waals surface area contributed by atoms with E-state index in [0.717, 1.165) is 12.8 Å². The fourth-order valence-corrected chi connectivity index (χ4v) is 3.60. The number of amides is 2. The summed E-state index contributed by atoms with van der Waals surface area (Å²) in [7, 11) is 3.06. The average Bonchev–Trinajstić information content (AvgIpc) is 2.74. The van der Waals surface area contributed by atoms with Gasteiger partial charge in [-0.1, -0.05) is 19.9 Å². The molecule has 1 aliphatic heterocycles.